The predicted molar refractivity (Wildman–Crippen MR) is 80.8 cm³/mol. The topological polar surface area (TPSA) is 61.6 Å². The molecule has 1 aliphatic heterocycles. The highest BCUT2D eigenvalue weighted by molar-refractivity contribution is 6.33. The van der Waals surface area contributed by atoms with Gasteiger partial charge in [0.15, 0.2) is 0 Å². The van der Waals surface area contributed by atoms with Gasteiger partial charge in [-0.2, -0.15) is 0 Å². The summed E-state index contributed by atoms with van der Waals surface area (Å²) in [6, 6.07) is 12.5. The summed E-state index contributed by atoms with van der Waals surface area (Å²) in [7, 11) is 0. The van der Waals surface area contributed by atoms with E-state index in [0.29, 0.717) is 22.9 Å². The lowest BCUT2D eigenvalue weighted by atomic mass is 10.0. The van der Waals surface area contributed by atoms with Crippen molar-refractivity contribution >= 4 is 23.3 Å². The predicted octanol–water partition coefficient (Wildman–Crippen LogP) is 3.26. The summed E-state index contributed by atoms with van der Waals surface area (Å²) in [6.45, 7) is 0.776. The Kier molecular flexibility index (Phi) is 3.71. The Bertz CT molecular complexity index is 687. The van der Waals surface area contributed by atoms with Crippen molar-refractivity contribution in [2.75, 3.05) is 18.9 Å². The number of hydrogen-bond donors (Lipinski definition) is 1. The van der Waals surface area contributed by atoms with Gasteiger partial charge in [-0.3, -0.25) is 0 Å². The SMILES string of the molecule is Nc1ccc(C(=O)OCC2COc3ccccc32)c(Cl)c1. The lowest BCUT2D eigenvalue weighted by Crippen LogP contribution is -2.14. The van der Waals surface area contributed by atoms with Crippen molar-refractivity contribution in [1.29, 1.82) is 0 Å². The van der Waals surface area contributed by atoms with E-state index in [1.54, 1.807) is 12.1 Å². The molecule has 108 valence electrons. The van der Waals surface area contributed by atoms with Gasteiger partial charge in [0.1, 0.15) is 12.4 Å². The van der Waals surface area contributed by atoms with Crippen LogP contribution < -0.4 is 10.5 Å². The van der Waals surface area contributed by atoms with E-state index in [1.807, 2.05) is 24.3 Å². The van der Waals surface area contributed by atoms with Gasteiger partial charge in [0.05, 0.1) is 23.1 Å². The number of anilines is 1. The van der Waals surface area contributed by atoms with Crippen LogP contribution in [0.3, 0.4) is 0 Å². The molecule has 0 fully saturated rings. The maximum Gasteiger partial charge on any atom is 0.339 e. The van der Waals surface area contributed by atoms with Gasteiger partial charge in [0.25, 0.3) is 0 Å². The van der Waals surface area contributed by atoms with Gasteiger partial charge in [-0.05, 0) is 24.3 Å². The molecular formula is C16H14ClNO3. The smallest absolute Gasteiger partial charge is 0.339 e. The van der Waals surface area contributed by atoms with Gasteiger partial charge >= 0.3 is 5.97 Å². The van der Waals surface area contributed by atoms with Crippen molar-refractivity contribution in [2.45, 2.75) is 5.92 Å². The first-order chi connectivity index (χ1) is 10.1. The Balaban J connectivity index is 1.67. The summed E-state index contributed by atoms with van der Waals surface area (Å²) in [4.78, 5) is 12.1. The first-order valence-electron chi connectivity index (χ1n) is 6.59. The zero-order chi connectivity index (χ0) is 14.8. The molecule has 0 amide bonds. The number of rotatable bonds is 3. The quantitative estimate of drug-likeness (QED) is 0.698. The van der Waals surface area contributed by atoms with Gasteiger partial charge in [-0.1, -0.05) is 29.8 Å². The van der Waals surface area contributed by atoms with Crippen molar-refractivity contribution in [3.05, 3.63) is 58.6 Å². The van der Waals surface area contributed by atoms with Gasteiger partial charge in [0.2, 0.25) is 0 Å². The summed E-state index contributed by atoms with van der Waals surface area (Å²) < 4.78 is 10.9. The molecule has 1 unspecified atom stereocenters. The number of nitrogen functional groups attached to an aromatic ring is 1. The highest BCUT2D eigenvalue weighted by Crippen LogP contribution is 2.33. The van der Waals surface area contributed by atoms with Crippen LogP contribution in [-0.2, 0) is 4.74 Å². The van der Waals surface area contributed by atoms with Gasteiger partial charge < -0.3 is 15.2 Å². The van der Waals surface area contributed by atoms with E-state index in [9.17, 15) is 4.79 Å². The molecular weight excluding hydrogens is 290 g/mol. The molecule has 0 aliphatic carbocycles. The number of carbonyl (C=O) groups is 1. The van der Waals surface area contributed by atoms with Crippen LogP contribution in [0.2, 0.25) is 5.02 Å². The van der Waals surface area contributed by atoms with Crippen molar-refractivity contribution < 1.29 is 14.3 Å². The minimum absolute atomic E-state index is 0.0534. The fourth-order valence-electron chi connectivity index (χ4n) is 2.32. The van der Waals surface area contributed by atoms with Crippen LogP contribution in [0.1, 0.15) is 21.8 Å². The largest absolute Gasteiger partial charge is 0.493 e. The van der Waals surface area contributed by atoms with E-state index in [4.69, 9.17) is 26.8 Å². The minimum Gasteiger partial charge on any atom is -0.493 e. The number of esters is 1. The molecule has 1 atom stereocenters. The molecule has 3 rings (SSSR count). The zero-order valence-electron chi connectivity index (χ0n) is 11.2. The number of carbonyl (C=O) groups excluding carboxylic acids is 1. The molecule has 0 saturated carbocycles. The highest BCUT2D eigenvalue weighted by atomic mass is 35.5. The third-order valence-corrected chi connectivity index (χ3v) is 3.74. The lowest BCUT2D eigenvalue weighted by Gasteiger charge is -2.11. The number of fused-ring (bicyclic) bond motifs is 1. The average Bonchev–Trinajstić information content (AvgIpc) is 2.88. The summed E-state index contributed by atoms with van der Waals surface area (Å²) in [5, 5.41) is 0.295. The van der Waals surface area contributed by atoms with Crippen LogP contribution in [0, 0.1) is 0 Å². The van der Waals surface area contributed by atoms with E-state index in [0.717, 1.165) is 11.3 Å². The molecule has 2 aromatic rings. The van der Waals surface area contributed by atoms with E-state index >= 15 is 0 Å². The fourth-order valence-corrected chi connectivity index (χ4v) is 2.58. The third-order valence-electron chi connectivity index (χ3n) is 3.43. The van der Waals surface area contributed by atoms with Crippen molar-refractivity contribution in [3.8, 4) is 5.75 Å². The first kappa shape index (κ1) is 13.8. The van der Waals surface area contributed by atoms with E-state index in [1.165, 1.54) is 6.07 Å². The molecule has 0 radical (unpaired) electrons. The van der Waals surface area contributed by atoms with Crippen molar-refractivity contribution in [2.24, 2.45) is 0 Å². The van der Waals surface area contributed by atoms with Crippen LogP contribution in [0.15, 0.2) is 42.5 Å². The third kappa shape index (κ3) is 2.81. The molecule has 2 aromatic carbocycles. The molecule has 5 heteroatoms. The maximum absolute atomic E-state index is 12.1. The monoisotopic (exact) mass is 303 g/mol. The van der Waals surface area contributed by atoms with Crippen molar-refractivity contribution in [3.63, 3.8) is 0 Å². The molecule has 21 heavy (non-hydrogen) atoms. The van der Waals surface area contributed by atoms with E-state index in [-0.39, 0.29) is 12.5 Å². The number of ether oxygens (including phenoxy) is 2. The minimum atomic E-state index is -0.454. The molecule has 0 spiro atoms. The molecule has 2 N–H and O–H groups in total. The standard InChI is InChI=1S/C16H14ClNO3/c17-14-7-11(18)5-6-13(14)16(19)21-9-10-8-20-15-4-2-1-3-12(10)15/h1-7,10H,8-9,18H2. The van der Waals surface area contributed by atoms with Crippen LogP contribution in [0.25, 0.3) is 0 Å². The Labute approximate surface area is 127 Å². The second-order valence-corrected chi connectivity index (χ2v) is 5.29. The lowest BCUT2D eigenvalue weighted by molar-refractivity contribution is 0.0471. The summed E-state index contributed by atoms with van der Waals surface area (Å²) in [5.74, 6) is 0.450. The molecule has 0 aromatic heterocycles. The molecule has 4 nitrogen and oxygen atoms in total. The number of halogens is 1. The first-order valence-corrected chi connectivity index (χ1v) is 6.97. The summed E-state index contributed by atoms with van der Waals surface area (Å²) in [6.07, 6.45) is 0. The Morgan fingerprint density at radius 2 is 2.14 bits per heavy atom. The van der Waals surface area contributed by atoms with Crippen LogP contribution in [0.4, 0.5) is 5.69 Å². The Morgan fingerprint density at radius 3 is 2.95 bits per heavy atom. The number of hydrogen-bond acceptors (Lipinski definition) is 4. The Morgan fingerprint density at radius 1 is 1.33 bits per heavy atom. The highest BCUT2D eigenvalue weighted by Gasteiger charge is 2.25. The normalized spacial score (nSPS) is 16.1. The van der Waals surface area contributed by atoms with Crippen LogP contribution >= 0.6 is 11.6 Å². The van der Waals surface area contributed by atoms with Crippen LogP contribution in [0.5, 0.6) is 5.75 Å². The van der Waals surface area contributed by atoms with E-state index in [2.05, 4.69) is 0 Å². The van der Waals surface area contributed by atoms with E-state index < -0.39 is 5.97 Å². The fraction of sp³-hybridized carbons (Fsp3) is 0.188. The molecule has 0 bridgehead atoms. The number of benzene rings is 2. The zero-order valence-corrected chi connectivity index (χ0v) is 12.0. The molecule has 0 saturated heterocycles. The Hall–Kier alpha value is -2.20. The number of nitrogens with two attached hydrogens (primary N) is 1. The van der Waals surface area contributed by atoms with Crippen LogP contribution in [-0.4, -0.2) is 19.2 Å². The molecule has 1 heterocycles. The van der Waals surface area contributed by atoms with Gasteiger partial charge in [-0.15, -0.1) is 0 Å². The van der Waals surface area contributed by atoms with Crippen molar-refractivity contribution in [1.82, 2.24) is 0 Å². The summed E-state index contributed by atoms with van der Waals surface area (Å²) >= 11 is 6.00. The second-order valence-electron chi connectivity index (χ2n) is 4.88. The summed E-state index contributed by atoms with van der Waals surface area (Å²) in [5.41, 5.74) is 7.49. The number of para-hydroxylation sites is 1. The van der Waals surface area contributed by atoms with Gasteiger partial charge in [0, 0.05) is 11.3 Å². The average molecular weight is 304 g/mol. The van der Waals surface area contributed by atoms with Gasteiger partial charge in [-0.25, -0.2) is 4.79 Å². The maximum atomic E-state index is 12.1. The second kappa shape index (κ2) is 5.66. The molecule has 1 aliphatic rings.